The first kappa shape index (κ1) is 44.4. The highest BCUT2D eigenvalue weighted by molar-refractivity contribution is 6.07. The molecule has 4 heterocycles. The van der Waals surface area contributed by atoms with Gasteiger partial charge in [0.25, 0.3) is 0 Å². The van der Waals surface area contributed by atoms with Crippen LogP contribution in [0.4, 0.5) is 0 Å². The number of rotatable bonds is 9. The summed E-state index contributed by atoms with van der Waals surface area (Å²) < 4.78 is 12.5. The van der Waals surface area contributed by atoms with Crippen LogP contribution in [0.3, 0.4) is 0 Å². The highest BCUT2D eigenvalue weighted by Gasteiger charge is 2.16. The number of benzene rings is 8. The standard InChI is InChI=1S/C57H35N3O2.2C4H6/c1-2-10-40(11-3-1)57-59-51(39-23-19-37(20-24-39)36-17-21-38(22-18-36)50-14-8-9-29-58-50)35-52(60-57)45-31-43(41-25-27-55-48(33-41)46-12-4-6-15-53(46)61-55)30-44(32-45)42-26-28-56-49(34-42)47-13-5-7-16-54(47)62-56;2*1-3-4-2/h1-35H;2*3-4H,1-2H2. The maximum Gasteiger partial charge on any atom is 0.160 e. The Bertz CT molecular complexity index is 3670. The highest BCUT2D eigenvalue weighted by atomic mass is 16.3. The summed E-state index contributed by atoms with van der Waals surface area (Å²) in [7, 11) is 0. The van der Waals surface area contributed by atoms with Crippen LogP contribution < -0.4 is 0 Å². The van der Waals surface area contributed by atoms with Gasteiger partial charge in [-0.25, -0.2) is 9.97 Å². The van der Waals surface area contributed by atoms with Gasteiger partial charge in [-0.2, -0.15) is 0 Å². The molecule has 8 aromatic carbocycles. The van der Waals surface area contributed by atoms with Gasteiger partial charge in [0, 0.05) is 50.0 Å². The second kappa shape index (κ2) is 20.2. The molecular weight excluding hydrogens is 855 g/mol. The summed E-state index contributed by atoms with van der Waals surface area (Å²) in [6.45, 7) is 13.4. The fraction of sp³-hybridized carbons (Fsp3) is 0. The number of para-hydroxylation sites is 2. The van der Waals surface area contributed by atoms with E-state index in [9.17, 15) is 0 Å². The lowest BCUT2D eigenvalue weighted by Gasteiger charge is -2.14. The smallest absolute Gasteiger partial charge is 0.160 e. The Hall–Kier alpha value is -9.45. The lowest BCUT2D eigenvalue weighted by atomic mass is 9.93. The van der Waals surface area contributed by atoms with Gasteiger partial charge >= 0.3 is 0 Å². The molecule has 0 spiro atoms. The summed E-state index contributed by atoms with van der Waals surface area (Å²) in [5, 5.41) is 4.36. The van der Waals surface area contributed by atoms with E-state index >= 15 is 0 Å². The van der Waals surface area contributed by atoms with Gasteiger partial charge in [-0.3, -0.25) is 4.98 Å². The van der Waals surface area contributed by atoms with Crippen molar-refractivity contribution in [3.05, 3.63) is 263 Å². The molecule has 0 aliphatic carbocycles. The molecule has 5 nitrogen and oxygen atoms in total. The average Bonchev–Trinajstić information content (AvgIpc) is 4.01. The lowest BCUT2D eigenvalue weighted by Crippen LogP contribution is -1.96. The largest absolute Gasteiger partial charge is 0.456 e. The molecule has 0 amide bonds. The maximum atomic E-state index is 6.23. The maximum absolute atomic E-state index is 6.23. The fourth-order valence-electron chi connectivity index (χ4n) is 8.58. The van der Waals surface area contributed by atoms with Gasteiger partial charge in [-0.05, 0) is 106 Å². The second-order valence-corrected chi connectivity index (χ2v) is 16.6. The molecule has 334 valence electrons. The molecule has 0 radical (unpaired) electrons. The van der Waals surface area contributed by atoms with Crippen LogP contribution in [0.15, 0.2) is 272 Å². The zero-order valence-corrected chi connectivity index (χ0v) is 38.5. The third-order valence-electron chi connectivity index (χ3n) is 12.1. The molecule has 0 N–H and O–H groups in total. The molecule has 0 fully saturated rings. The predicted molar refractivity (Wildman–Crippen MR) is 293 cm³/mol. The lowest BCUT2D eigenvalue weighted by molar-refractivity contribution is 0.668. The third-order valence-corrected chi connectivity index (χ3v) is 12.1. The molecule has 0 atom stereocenters. The van der Waals surface area contributed by atoms with Crippen LogP contribution in [0.1, 0.15) is 0 Å². The van der Waals surface area contributed by atoms with Crippen LogP contribution in [0.25, 0.3) is 122 Å². The molecule has 0 saturated carbocycles. The highest BCUT2D eigenvalue weighted by Crippen LogP contribution is 2.39. The van der Waals surface area contributed by atoms with Crippen molar-refractivity contribution in [3.8, 4) is 78.5 Å². The van der Waals surface area contributed by atoms with Gasteiger partial charge in [-0.1, -0.05) is 184 Å². The first-order valence-electron chi connectivity index (χ1n) is 23.0. The van der Waals surface area contributed by atoms with Crippen LogP contribution >= 0.6 is 0 Å². The van der Waals surface area contributed by atoms with Crippen molar-refractivity contribution in [3.63, 3.8) is 0 Å². The minimum Gasteiger partial charge on any atom is -0.456 e. The van der Waals surface area contributed by atoms with Crippen LogP contribution in [0.2, 0.25) is 0 Å². The van der Waals surface area contributed by atoms with Gasteiger partial charge in [0.2, 0.25) is 0 Å². The number of hydrogen-bond acceptors (Lipinski definition) is 5. The minimum atomic E-state index is 0.664. The van der Waals surface area contributed by atoms with E-state index in [2.05, 4.69) is 177 Å². The van der Waals surface area contributed by atoms with Crippen molar-refractivity contribution in [1.29, 1.82) is 0 Å². The zero-order chi connectivity index (χ0) is 47.8. The number of allylic oxidation sites excluding steroid dienone is 4. The summed E-state index contributed by atoms with van der Waals surface area (Å²) in [6, 6.07) is 71.6. The van der Waals surface area contributed by atoms with Gasteiger partial charge in [0.1, 0.15) is 22.3 Å². The van der Waals surface area contributed by atoms with E-state index < -0.39 is 0 Å². The number of pyridine rings is 1. The monoisotopic (exact) mass is 901 g/mol. The Morgan fingerprint density at radius 3 is 1.20 bits per heavy atom. The number of furan rings is 2. The SMILES string of the molecule is C=CC=C.C=CC=C.c1ccc(-c2nc(-c3ccc(-c4ccc(-c5ccccn5)cc4)cc3)cc(-c3cc(-c4ccc5oc6ccccc6c5c4)cc(-c4ccc5oc6ccccc6c5c4)c3)n2)cc1. The third kappa shape index (κ3) is 9.28. The molecule has 0 saturated heterocycles. The van der Waals surface area contributed by atoms with Gasteiger partial charge < -0.3 is 8.83 Å². The van der Waals surface area contributed by atoms with E-state index in [1.165, 1.54) is 0 Å². The van der Waals surface area contributed by atoms with E-state index in [-0.39, 0.29) is 0 Å². The Morgan fingerprint density at radius 1 is 0.286 bits per heavy atom. The van der Waals surface area contributed by atoms with E-state index in [0.29, 0.717) is 5.82 Å². The molecule has 70 heavy (non-hydrogen) atoms. The van der Waals surface area contributed by atoms with Crippen LogP contribution in [0.5, 0.6) is 0 Å². The molecular formula is C65H47N3O2. The van der Waals surface area contributed by atoms with E-state index in [1.807, 2.05) is 66.9 Å². The summed E-state index contributed by atoms with van der Waals surface area (Å²) >= 11 is 0. The van der Waals surface area contributed by atoms with Gasteiger partial charge in [0.15, 0.2) is 5.82 Å². The number of hydrogen-bond donors (Lipinski definition) is 0. The van der Waals surface area contributed by atoms with E-state index in [0.717, 1.165) is 117 Å². The molecule has 4 aromatic heterocycles. The Balaban J connectivity index is 0.000000662. The van der Waals surface area contributed by atoms with E-state index in [1.54, 1.807) is 24.3 Å². The van der Waals surface area contributed by atoms with Crippen LogP contribution in [-0.4, -0.2) is 15.0 Å². The van der Waals surface area contributed by atoms with Crippen LogP contribution in [-0.2, 0) is 0 Å². The Kier molecular flexibility index (Phi) is 12.8. The minimum absolute atomic E-state index is 0.664. The molecule has 0 unspecified atom stereocenters. The van der Waals surface area contributed by atoms with Crippen molar-refractivity contribution in [2.75, 3.05) is 0 Å². The van der Waals surface area contributed by atoms with Gasteiger partial charge in [-0.15, -0.1) is 0 Å². The van der Waals surface area contributed by atoms with Crippen molar-refractivity contribution in [1.82, 2.24) is 15.0 Å². The molecule has 0 bridgehead atoms. The van der Waals surface area contributed by atoms with Crippen molar-refractivity contribution in [2.45, 2.75) is 0 Å². The fourth-order valence-corrected chi connectivity index (χ4v) is 8.58. The quantitative estimate of drug-likeness (QED) is 0.135. The normalized spacial score (nSPS) is 10.8. The van der Waals surface area contributed by atoms with Crippen molar-refractivity contribution in [2.24, 2.45) is 0 Å². The molecule has 0 aliphatic rings. The topological polar surface area (TPSA) is 65.0 Å². The molecule has 12 aromatic rings. The summed E-state index contributed by atoms with van der Waals surface area (Å²) in [4.78, 5) is 15.0. The molecule has 0 aliphatic heterocycles. The Morgan fingerprint density at radius 2 is 0.700 bits per heavy atom. The first-order chi connectivity index (χ1) is 34.5. The molecule has 5 heteroatoms. The summed E-state index contributed by atoms with van der Waals surface area (Å²) in [6.07, 6.45) is 8.38. The average molecular weight is 902 g/mol. The molecule has 12 rings (SSSR count). The zero-order valence-electron chi connectivity index (χ0n) is 38.5. The van der Waals surface area contributed by atoms with Gasteiger partial charge in [0.05, 0.1) is 17.1 Å². The van der Waals surface area contributed by atoms with E-state index in [4.69, 9.17) is 18.8 Å². The first-order valence-corrected chi connectivity index (χ1v) is 23.0. The van der Waals surface area contributed by atoms with Crippen LogP contribution in [0, 0.1) is 0 Å². The Labute approximate surface area is 407 Å². The summed E-state index contributed by atoms with van der Waals surface area (Å²) in [5.74, 6) is 0.664. The predicted octanol–water partition coefficient (Wildman–Crippen LogP) is 18.1. The second-order valence-electron chi connectivity index (χ2n) is 16.6. The van der Waals surface area contributed by atoms with Crippen molar-refractivity contribution < 1.29 is 8.83 Å². The number of aromatic nitrogens is 3. The van der Waals surface area contributed by atoms with Crippen molar-refractivity contribution >= 4 is 43.9 Å². The number of fused-ring (bicyclic) bond motifs is 6. The summed E-state index contributed by atoms with van der Waals surface area (Å²) in [5.41, 5.74) is 16.7. The number of nitrogens with zero attached hydrogens (tertiary/aromatic N) is 3.